The zero-order valence-electron chi connectivity index (χ0n) is 20.8. The monoisotopic (exact) mass is 473 g/mol. The molecular formula is C26H31N7O2. The summed E-state index contributed by atoms with van der Waals surface area (Å²) in [5.41, 5.74) is 5.08. The number of anilines is 1. The van der Waals surface area contributed by atoms with E-state index in [1.165, 1.54) is 0 Å². The summed E-state index contributed by atoms with van der Waals surface area (Å²) in [5.74, 6) is 0.787. The van der Waals surface area contributed by atoms with Gasteiger partial charge in [0.05, 0.1) is 52.3 Å². The van der Waals surface area contributed by atoms with Gasteiger partial charge in [-0.2, -0.15) is 0 Å². The molecule has 9 nitrogen and oxygen atoms in total. The molecule has 0 aliphatic carbocycles. The molecule has 0 fully saturated rings. The van der Waals surface area contributed by atoms with E-state index in [1.807, 2.05) is 44.6 Å². The van der Waals surface area contributed by atoms with Crippen LogP contribution in [0.2, 0.25) is 0 Å². The van der Waals surface area contributed by atoms with Crippen LogP contribution in [0.3, 0.4) is 0 Å². The van der Waals surface area contributed by atoms with Gasteiger partial charge in [-0.3, -0.25) is 4.79 Å². The molecule has 0 atom stereocenters. The summed E-state index contributed by atoms with van der Waals surface area (Å²) in [6, 6.07) is 10.5. The number of amides is 1. The number of carbonyl (C=O) groups excluding carboxylic acids is 1. The third-order valence-electron chi connectivity index (χ3n) is 6.12. The summed E-state index contributed by atoms with van der Waals surface area (Å²) in [6.07, 6.45) is 1.78. The second kappa shape index (κ2) is 10.1. The highest BCUT2D eigenvalue weighted by Crippen LogP contribution is 2.29. The highest BCUT2D eigenvalue weighted by atomic mass is 16.3. The Morgan fingerprint density at radius 2 is 1.89 bits per heavy atom. The second-order valence-corrected chi connectivity index (χ2v) is 8.63. The fourth-order valence-electron chi connectivity index (χ4n) is 3.95. The number of aromatic hydroxyl groups is 1. The molecule has 0 saturated heterocycles. The maximum Gasteiger partial charge on any atom is 0.254 e. The SMILES string of the molecule is CNCCNc1ccc(-c2cc(C(=O)N(C)Cc3cnc(C)n3C)c3cc(O)ccc3n2)nc1C. The summed E-state index contributed by atoms with van der Waals surface area (Å²) < 4.78 is 1.96. The lowest BCUT2D eigenvalue weighted by atomic mass is 10.0. The van der Waals surface area contributed by atoms with Gasteiger partial charge in [0.1, 0.15) is 11.6 Å². The molecule has 3 heterocycles. The van der Waals surface area contributed by atoms with Crippen molar-refractivity contribution in [3.63, 3.8) is 0 Å². The highest BCUT2D eigenvalue weighted by molar-refractivity contribution is 6.07. The lowest BCUT2D eigenvalue weighted by molar-refractivity contribution is 0.0784. The van der Waals surface area contributed by atoms with Crippen LogP contribution in [-0.2, 0) is 13.6 Å². The number of carbonyl (C=O) groups is 1. The average Bonchev–Trinajstić information content (AvgIpc) is 3.16. The first-order chi connectivity index (χ1) is 16.8. The molecule has 4 rings (SSSR count). The summed E-state index contributed by atoms with van der Waals surface area (Å²) in [5, 5.41) is 17.2. The first kappa shape index (κ1) is 24.2. The van der Waals surface area contributed by atoms with Crippen molar-refractivity contribution < 1.29 is 9.90 Å². The van der Waals surface area contributed by atoms with Gasteiger partial charge in [-0.05, 0) is 57.3 Å². The fourth-order valence-corrected chi connectivity index (χ4v) is 3.95. The second-order valence-electron chi connectivity index (χ2n) is 8.63. The molecule has 0 saturated carbocycles. The van der Waals surface area contributed by atoms with Crippen LogP contribution in [0.5, 0.6) is 5.75 Å². The van der Waals surface area contributed by atoms with E-state index in [0.29, 0.717) is 34.4 Å². The predicted molar refractivity (Wildman–Crippen MR) is 138 cm³/mol. The number of likely N-dealkylation sites (N-methyl/N-ethyl adjacent to an activating group) is 1. The van der Waals surface area contributed by atoms with Crippen molar-refractivity contribution in [3.8, 4) is 17.1 Å². The third-order valence-corrected chi connectivity index (χ3v) is 6.12. The maximum atomic E-state index is 13.6. The van der Waals surface area contributed by atoms with Gasteiger partial charge in [-0.25, -0.2) is 15.0 Å². The molecule has 35 heavy (non-hydrogen) atoms. The predicted octanol–water partition coefficient (Wildman–Crippen LogP) is 3.26. The van der Waals surface area contributed by atoms with Crippen LogP contribution in [0, 0.1) is 13.8 Å². The number of phenolic OH excluding ortho intramolecular Hbond substituents is 1. The van der Waals surface area contributed by atoms with Crippen molar-refractivity contribution in [3.05, 3.63) is 65.4 Å². The lowest BCUT2D eigenvalue weighted by Crippen LogP contribution is -2.27. The number of imidazole rings is 1. The number of hydrogen-bond acceptors (Lipinski definition) is 7. The minimum Gasteiger partial charge on any atom is -0.508 e. The van der Waals surface area contributed by atoms with Crippen LogP contribution in [0.15, 0.2) is 42.6 Å². The van der Waals surface area contributed by atoms with Crippen LogP contribution >= 0.6 is 0 Å². The third kappa shape index (κ3) is 5.09. The fraction of sp³-hybridized carbons (Fsp3) is 0.308. The van der Waals surface area contributed by atoms with Crippen molar-refractivity contribution in [2.75, 3.05) is 32.5 Å². The van der Waals surface area contributed by atoms with Crippen LogP contribution in [-0.4, -0.2) is 62.6 Å². The minimum absolute atomic E-state index is 0.0805. The molecule has 1 aromatic carbocycles. The van der Waals surface area contributed by atoms with E-state index >= 15 is 0 Å². The Morgan fingerprint density at radius 3 is 2.57 bits per heavy atom. The lowest BCUT2D eigenvalue weighted by Gasteiger charge is -2.19. The van der Waals surface area contributed by atoms with Crippen molar-refractivity contribution in [1.29, 1.82) is 0 Å². The number of phenols is 1. The number of hydrogen-bond donors (Lipinski definition) is 3. The van der Waals surface area contributed by atoms with E-state index in [0.717, 1.165) is 36.0 Å². The Labute approximate surface area is 204 Å². The van der Waals surface area contributed by atoms with E-state index in [-0.39, 0.29) is 11.7 Å². The Morgan fingerprint density at radius 1 is 1.09 bits per heavy atom. The van der Waals surface area contributed by atoms with E-state index in [1.54, 1.807) is 42.4 Å². The average molecular weight is 474 g/mol. The van der Waals surface area contributed by atoms with Crippen LogP contribution in [0.25, 0.3) is 22.3 Å². The molecule has 0 spiro atoms. The van der Waals surface area contributed by atoms with Gasteiger partial charge in [0, 0.05) is 32.6 Å². The van der Waals surface area contributed by atoms with Gasteiger partial charge >= 0.3 is 0 Å². The van der Waals surface area contributed by atoms with Crippen molar-refractivity contribution in [2.24, 2.45) is 7.05 Å². The standard InChI is InChI=1S/C26H31N7O2/c1-16-22(28-11-10-27-3)8-9-24(30-16)25-13-21(20-12-19(34)6-7-23(20)31-25)26(35)32(4)15-18-14-29-17(2)33(18)5/h6-9,12-14,27-28,34H,10-11,15H2,1-5H3. The molecule has 0 unspecified atom stereocenters. The summed E-state index contributed by atoms with van der Waals surface area (Å²) >= 11 is 0. The first-order valence-corrected chi connectivity index (χ1v) is 11.5. The molecular weight excluding hydrogens is 442 g/mol. The number of benzene rings is 1. The smallest absolute Gasteiger partial charge is 0.254 e. The molecule has 3 aromatic heterocycles. The number of nitrogens with one attached hydrogen (secondary N) is 2. The van der Waals surface area contributed by atoms with E-state index in [9.17, 15) is 9.90 Å². The Bertz CT molecular complexity index is 1380. The van der Waals surface area contributed by atoms with Crippen LogP contribution in [0.1, 0.15) is 27.6 Å². The number of rotatable bonds is 8. The minimum atomic E-state index is -0.176. The molecule has 1 amide bonds. The Balaban J connectivity index is 1.72. The molecule has 0 radical (unpaired) electrons. The topological polar surface area (TPSA) is 108 Å². The van der Waals surface area contributed by atoms with Crippen LogP contribution < -0.4 is 10.6 Å². The van der Waals surface area contributed by atoms with Gasteiger partial charge in [0.25, 0.3) is 5.91 Å². The number of aryl methyl sites for hydroxylation is 2. The normalized spacial score (nSPS) is 11.1. The van der Waals surface area contributed by atoms with Crippen molar-refractivity contribution >= 4 is 22.5 Å². The summed E-state index contributed by atoms with van der Waals surface area (Å²) in [7, 11) is 5.60. The zero-order valence-corrected chi connectivity index (χ0v) is 20.8. The van der Waals surface area contributed by atoms with E-state index in [4.69, 9.17) is 9.97 Å². The van der Waals surface area contributed by atoms with E-state index < -0.39 is 0 Å². The molecule has 3 N–H and O–H groups in total. The van der Waals surface area contributed by atoms with Crippen molar-refractivity contribution in [1.82, 2.24) is 29.7 Å². The van der Waals surface area contributed by atoms with E-state index in [2.05, 4.69) is 15.6 Å². The zero-order chi connectivity index (χ0) is 25.1. The molecule has 4 aromatic rings. The first-order valence-electron chi connectivity index (χ1n) is 11.5. The number of fused-ring (bicyclic) bond motifs is 1. The van der Waals surface area contributed by atoms with Gasteiger partial charge in [0.2, 0.25) is 0 Å². The maximum absolute atomic E-state index is 13.6. The molecule has 9 heteroatoms. The van der Waals surface area contributed by atoms with Gasteiger partial charge in [-0.1, -0.05) is 0 Å². The summed E-state index contributed by atoms with van der Waals surface area (Å²) in [6.45, 7) is 5.90. The molecule has 0 aliphatic rings. The van der Waals surface area contributed by atoms with Gasteiger partial charge < -0.3 is 25.2 Å². The largest absolute Gasteiger partial charge is 0.508 e. The Kier molecular flexibility index (Phi) is 6.97. The Hall–Kier alpha value is -3.98. The van der Waals surface area contributed by atoms with Gasteiger partial charge in [0.15, 0.2) is 0 Å². The summed E-state index contributed by atoms with van der Waals surface area (Å²) in [4.78, 5) is 29.1. The molecule has 0 aliphatic heterocycles. The molecule has 182 valence electrons. The number of nitrogens with zero attached hydrogens (tertiary/aromatic N) is 5. The highest BCUT2D eigenvalue weighted by Gasteiger charge is 2.20. The molecule has 0 bridgehead atoms. The number of aromatic nitrogens is 4. The van der Waals surface area contributed by atoms with Crippen LogP contribution in [0.4, 0.5) is 5.69 Å². The van der Waals surface area contributed by atoms with Gasteiger partial charge in [-0.15, -0.1) is 0 Å². The van der Waals surface area contributed by atoms with Crippen molar-refractivity contribution in [2.45, 2.75) is 20.4 Å². The quantitative estimate of drug-likeness (QED) is 0.337. The number of pyridine rings is 2.